The van der Waals surface area contributed by atoms with Crippen LogP contribution in [0, 0.1) is 0 Å². The summed E-state index contributed by atoms with van der Waals surface area (Å²) in [5, 5.41) is 10.7. The predicted molar refractivity (Wildman–Crippen MR) is 125 cm³/mol. The molecule has 1 saturated heterocycles. The van der Waals surface area contributed by atoms with E-state index >= 15 is 0 Å². The summed E-state index contributed by atoms with van der Waals surface area (Å²) in [6, 6.07) is 5.35. The molecule has 0 atom stereocenters. The van der Waals surface area contributed by atoms with Crippen molar-refractivity contribution in [2.24, 2.45) is 0 Å². The molecule has 0 saturated carbocycles. The van der Waals surface area contributed by atoms with Crippen molar-refractivity contribution in [1.82, 2.24) is 9.47 Å². The van der Waals surface area contributed by atoms with Gasteiger partial charge in [0.2, 0.25) is 0 Å². The molecular weight excluding hydrogens is 404 g/mol. The van der Waals surface area contributed by atoms with Gasteiger partial charge in [-0.3, -0.25) is 4.79 Å². The van der Waals surface area contributed by atoms with Gasteiger partial charge in [-0.15, -0.1) is 0 Å². The molecule has 3 heterocycles. The molecule has 0 bridgehead atoms. The third-order valence-corrected chi connectivity index (χ3v) is 6.13. The molecule has 32 heavy (non-hydrogen) atoms. The highest BCUT2D eigenvalue weighted by Crippen LogP contribution is 2.31. The maximum absolute atomic E-state index is 13.4. The monoisotopic (exact) mass is 434 g/mol. The first-order valence-corrected chi connectivity index (χ1v) is 11.3. The number of fused-ring (bicyclic) bond motifs is 3. The Balaban J connectivity index is 1.85. The van der Waals surface area contributed by atoms with Crippen molar-refractivity contribution in [3.05, 3.63) is 71.0 Å². The van der Waals surface area contributed by atoms with Crippen LogP contribution in [0.5, 0.6) is 0 Å². The van der Waals surface area contributed by atoms with Crippen LogP contribution < -0.4 is 0 Å². The van der Waals surface area contributed by atoms with Crippen LogP contribution in [-0.4, -0.2) is 52.8 Å². The maximum atomic E-state index is 13.4. The highest BCUT2D eigenvalue weighted by atomic mass is 16.5. The van der Waals surface area contributed by atoms with Gasteiger partial charge in [-0.25, -0.2) is 4.79 Å². The number of aromatic carboxylic acids is 1. The van der Waals surface area contributed by atoms with E-state index in [0.717, 1.165) is 41.4 Å². The Morgan fingerprint density at radius 3 is 2.66 bits per heavy atom. The number of benzene rings is 1. The van der Waals surface area contributed by atoms with Crippen molar-refractivity contribution < 1.29 is 19.4 Å². The summed E-state index contributed by atoms with van der Waals surface area (Å²) in [6.45, 7) is 4.88. The molecule has 1 aromatic heterocycles. The Kier molecular flexibility index (Phi) is 6.90. The number of rotatable bonds is 4. The Bertz CT molecular complexity index is 1100. The molecule has 1 N–H and O–H groups in total. The van der Waals surface area contributed by atoms with Crippen molar-refractivity contribution in [3.8, 4) is 0 Å². The number of carbonyl (C=O) groups excluding carboxylic acids is 1. The number of hydrogen-bond acceptors (Lipinski definition) is 3. The molecule has 0 aliphatic carbocycles. The molecule has 6 nitrogen and oxygen atoms in total. The highest BCUT2D eigenvalue weighted by molar-refractivity contribution is 5.96. The average Bonchev–Trinajstić information content (AvgIpc) is 3.06. The highest BCUT2D eigenvalue weighted by Gasteiger charge is 2.24. The molecule has 0 spiro atoms. The summed E-state index contributed by atoms with van der Waals surface area (Å²) in [5.41, 5.74) is 4.27. The summed E-state index contributed by atoms with van der Waals surface area (Å²) in [7, 11) is 0. The number of aryl methyl sites for hydroxylation is 1. The summed E-state index contributed by atoms with van der Waals surface area (Å²) in [5.74, 6) is -0.909. The lowest BCUT2D eigenvalue weighted by Gasteiger charge is -2.28. The number of amides is 1. The van der Waals surface area contributed by atoms with Crippen LogP contribution >= 0.6 is 0 Å². The fourth-order valence-electron chi connectivity index (χ4n) is 4.53. The van der Waals surface area contributed by atoms with Gasteiger partial charge in [0.05, 0.1) is 25.3 Å². The van der Waals surface area contributed by atoms with E-state index in [-0.39, 0.29) is 11.5 Å². The second-order valence-corrected chi connectivity index (χ2v) is 8.23. The minimum Gasteiger partial charge on any atom is -0.478 e. The summed E-state index contributed by atoms with van der Waals surface area (Å²) >= 11 is 0. The minimum absolute atomic E-state index is 0.0353. The van der Waals surface area contributed by atoms with E-state index in [9.17, 15) is 14.7 Å². The maximum Gasteiger partial charge on any atom is 0.335 e. The number of nitrogens with zero attached hydrogens (tertiary/aromatic N) is 2. The van der Waals surface area contributed by atoms with Crippen LogP contribution in [0.3, 0.4) is 0 Å². The van der Waals surface area contributed by atoms with Gasteiger partial charge in [0.1, 0.15) is 0 Å². The first-order valence-electron chi connectivity index (χ1n) is 11.3. The number of hydrogen-bond donors (Lipinski definition) is 1. The van der Waals surface area contributed by atoms with Crippen LogP contribution in [0.15, 0.2) is 54.2 Å². The Morgan fingerprint density at radius 2 is 1.91 bits per heavy atom. The van der Waals surface area contributed by atoms with E-state index in [0.29, 0.717) is 39.3 Å². The number of carboxylic acids is 1. The van der Waals surface area contributed by atoms with Crippen LogP contribution in [0.4, 0.5) is 0 Å². The Labute approximate surface area is 188 Å². The van der Waals surface area contributed by atoms with Gasteiger partial charge in [0.25, 0.3) is 5.91 Å². The third kappa shape index (κ3) is 4.55. The molecule has 2 aliphatic heterocycles. The topological polar surface area (TPSA) is 71.8 Å². The fourth-order valence-corrected chi connectivity index (χ4v) is 4.53. The van der Waals surface area contributed by atoms with Crippen molar-refractivity contribution in [2.45, 2.75) is 39.2 Å². The van der Waals surface area contributed by atoms with Crippen LogP contribution in [-0.2, 0) is 28.9 Å². The lowest BCUT2D eigenvalue weighted by Crippen LogP contribution is -2.42. The van der Waals surface area contributed by atoms with Crippen LogP contribution in [0.2, 0.25) is 0 Å². The van der Waals surface area contributed by atoms with E-state index < -0.39 is 5.97 Å². The van der Waals surface area contributed by atoms with E-state index in [1.807, 2.05) is 29.2 Å². The number of aromatic nitrogens is 1. The first-order chi connectivity index (χ1) is 15.6. The molecular formula is C26H30N2O4. The zero-order valence-corrected chi connectivity index (χ0v) is 18.5. The van der Waals surface area contributed by atoms with Crippen LogP contribution in [0.25, 0.3) is 10.9 Å². The van der Waals surface area contributed by atoms with Crippen molar-refractivity contribution in [2.75, 3.05) is 26.3 Å². The lowest BCUT2D eigenvalue weighted by atomic mass is 10.0. The lowest BCUT2D eigenvalue weighted by molar-refractivity contribution is -0.131. The van der Waals surface area contributed by atoms with Gasteiger partial charge in [0.15, 0.2) is 0 Å². The summed E-state index contributed by atoms with van der Waals surface area (Å²) < 4.78 is 7.58. The largest absolute Gasteiger partial charge is 0.478 e. The van der Waals surface area contributed by atoms with E-state index in [1.165, 1.54) is 5.56 Å². The predicted octanol–water partition coefficient (Wildman–Crippen LogP) is 4.14. The summed E-state index contributed by atoms with van der Waals surface area (Å²) in [4.78, 5) is 27.0. The van der Waals surface area contributed by atoms with Gasteiger partial charge >= 0.3 is 5.97 Å². The standard InChI is InChI=1S/C26H30N2O4/c1-2-8-21-22-12-11-19(26(30)31)17-24(22)28-18-20(25(29)27-13-15-32-16-14-27)9-6-4-3-5-7-10-23(21)28/h3-5,7,9,11-12,17H,2,6,8,10,13-16,18H2,1H3,(H,30,31)/b4-3-,7-5-,20-9+. The van der Waals surface area contributed by atoms with Gasteiger partial charge in [-0.05, 0) is 30.5 Å². The van der Waals surface area contributed by atoms with Crippen molar-refractivity contribution >= 4 is 22.8 Å². The second kappa shape index (κ2) is 10.0. The smallest absolute Gasteiger partial charge is 0.335 e. The molecule has 6 heteroatoms. The van der Waals surface area contributed by atoms with Crippen molar-refractivity contribution in [3.63, 3.8) is 0 Å². The van der Waals surface area contributed by atoms with Gasteiger partial charge < -0.3 is 19.3 Å². The van der Waals surface area contributed by atoms with Gasteiger partial charge in [-0.2, -0.15) is 0 Å². The number of morpholine rings is 1. The Morgan fingerprint density at radius 1 is 1.12 bits per heavy atom. The number of carbonyl (C=O) groups is 2. The van der Waals surface area contributed by atoms with Gasteiger partial charge in [0, 0.05) is 41.7 Å². The molecule has 1 aromatic carbocycles. The fraction of sp³-hybridized carbons (Fsp3) is 0.385. The molecule has 1 amide bonds. The third-order valence-electron chi connectivity index (χ3n) is 6.13. The first kappa shape index (κ1) is 22.1. The van der Waals surface area contributed by atoms with Crippen LogP contribution in [0.1, 0.15) is 41.4 Å². The number of ether oxygens (including phenoxy) is 1. The number of allylic oxidation sites excluding steroid dienone is 5. The quantitative estimate of drug-likeness (QED) is 0.785. The van der Waals surface area contributed by atoms with Crippen molar-refractivity contribution in [1.29, 1.82) is 0 Å². The zero-order chi connectivity index (χ0) is 22.5. The SMILES string of the molecule is CCCc1c2n(c3cc(C(=O)O)ccc13)C/C(C(=O)N1CCOCC1)=C\C/C=C\C=C/C2. The average molecular weight is 435 g/mol. The normalized spacial score (nSPS) is 20.7. The van der Waals surface area contributed by atoms with E-state index in [4.69, 9.17) is 4.74 Å². The molecule has 0 radical (unpaired) electrons. The second-order valence-electron chi connectivity index (χ2n) is 8.23. The number of carboxylic acid groups (broad SMARTS) is 1. The molecule has 2 aromatic rings. The Hall–Kier alpha value is -3.12. The molecule has 168 valence electrons. The molecule has 4 rings (SSSR count). The van der Waals surface area contributed by atoms with E-state index in [2.05, 4.69) is 23.6 Å². The van der Waals surface area contributed by atoms with Gasteiger partial charge in [-0.1, -0.05) is 49.8 Å². The zero-order valence-electron chi connectivity index (χ0n) is 18.5. The minimum atomic E-state index is -0.944. The van der Waals surface area contributed by atoms with E-state index in [1.54, 1.807) is 12.1 Å². The molecule has 0 unspecified atom stereocenters. The molecule has 1 fully saturated rings. The summed E-state index contributed by atoms with van der Waals surface area (Å²) in [6.07, 6.45) is 13.6. The molecule has 2 aliphatic rings.